The van der Waals surface area contributed by atoms with Crippen LogP contribution in [0.3, 0.4) is 0 Å². The molecule has 46 heavy (non-hydrogen) atoms. The van der Waals surface area contributed by atoms with Crippen molar-refractivity contribution in [3.05, 3.63) is 46.5 Å². The smallest absolute Gasteiger partial charge is 0.174 e. The van der Waals surface area contributed by atoms with E-state index in [1.165, 1.54) is 11.1 Å². The van der Waals surface area contributed by atoms with Gasteiger partial charge in [0.25, 0.3) is 0 Å². The highest BCUT2D eigenvalue weighted by atomic mass is 16.5. The average Bonchev–Trinajstić information content (AvgIpc) is 3.59. The van der Waals surface area contributed by atoms with E-state index in [1.807, 2.05) is 12.1 Å². The van der Waals surface area contributed by atoms with Crippen LogP contribution in [0.15, 0.2) is 24.3 Å². The van der Waals surface area contributed by atoms with Crippen LogP contribution >= 0.6 is 0 Å². The van der Waals surface area contributed by atoms with Crippen LogP contribution in [-0.2, 0) is 33.3 Å². The molecular formula is C36H42N2O8. The van der Waals surface area contributed by atoms with Gasteiger partial charge in [-0.25, -0.2) is 0 Å². The highest BCUT2D eigenvalue weighted by molar-refractivity contribution is 5.91. The molecule has 2 aromatic rings. The fraction of sp³-hybridized carbons (Fsp3) is 0.611. The number of hydrogen-bond acceptors (Lipinski definition) is 10. The largest absolute Gasteiger partial charge is 0.493 e. The Kier molecular flexibility index (Phi) is 5.83. The lowest BCUT2D eigenvalue weighted by atomic mass is 9.49. The molecule has 10 rings (SSSR count). The van der Waals surface area contributed by atoms with Gasteiger partial charge in [-0.05, 0) is 89.0 Å². The van der Waals surface area contributed by atoms with Crippen LogP contribution in [0.1, 0.15) is 60.8 Å². The zero-order chi connectivity index (χ0) is 32.0. The highest BCUT2D eigenvalue weighted by Gasteiger charge is 2.74. The molecule has 2 spiro atoms. The van der Waals surface area contributed by atoms with Crippen LogP contribution in [-0.4, -0.2) is 108 Å². The SMILES string of the molecule is COc1ccc2c3c1O[C@H]1C(=O)CC[C@@]4(O)[C@@H](C2)N(C)CC[C@]314.COc1ccc2c3c1O[C@H]1C(=O)CC[C@@]4(O)[C@@H](C2)N(C)CC[C@]314. The van der Waals surface area contributed by atoms with Gasteiger partial charge in [0.15, 0.2) is 46.8 Å². The Labute approximate surface area is 268 Å². The molecule has 4 aliphatic heterocycles. The van der Waals surface area contributed by atoms with Crippen molar-refractivity contribution in [2.75, 3.05) is 41.4 Å². The van der Waals surface area contributed by atoms with Gasteiger partial charge < -0.3 is 39.0 Å². The summed E-state index contributed by atoms with van der Waals surface area (Å²) >= 11 is 0. The molecule has 244 valence electrons. The Morgan fingerprint density at radius 3 is 1.50 bits per heavy atom. The maximum Gasteiger partial charge on any atom is 0.174 e. The van der Waals surface area contributed by atoms with Gasteiger partial charge in [-0.3, -0.25) is 9.59 Å². The minimum absolute atomic E-state index is 0.0438. The van der Waals surface area contributed by atoms with Crippen LogP contribution in [0, 0.1) is 0 Å². The first kappa shape index (κ1) is 29.0. The summed E-state index contributed by atoms with van der Waals surface area (Å²) < 4.78 is 23.3. The Morgan fingerprint density at radius 2 is 1.11 bits per heavy atom. The molecular weight excluding hydrogens is 588 g/mol. The number of rotatable bonds is 2. The van der Waals surface area contributed by atoms with Gasteiger partial charge in [0.2, 0.25) is 0 Å². The van der Waals surface area contributed by atoms with Crippen molar-refractivity contribution in [3.63, 3.8) is 0 Å². The predicted molar refractivity (Wildman–Crippen MR) is 166 cm³/mol. The summed E-state index contributed by atoms with van der Waals surface area (Å²) in [7, 11) is 7.39. The highest BCUT2D eigenvalue weighted by Crippen LogP contribution is 2.66. The summed E-state index contributed by atoms with van der Waals surface area (Å²) in [5.74, 6) is 2.94. The summed E-state index contributed by atoms with van der Waals surface area (Å²) in [6.45, 7) is 1.74. The molecule has 2 N–H and O–H groups in total. The molecule has 4 bridgehead atoms. The second-order valence-electron chi connectivity index (χ2n) is 14.9. The van der Waals surface area contributed by atoms with Crippen molar-refractivity contribution in [1.29, 1.82) is 0 Å². The molecule has 4 heterocycles. The van der Waals surface area contributed by atoms with E-state index in [0.717, 1.165) is 49.9 Å². The zero-order valence-corrected chi connectivity index (χ0v) is 26.9. The maximum atomic E-state index is 12.7. The average molecular weight is 631 g/mol. The molecule has 0 unspecified atom stereocenters. The molecule has 0 aromatic heterocycles. The third-order valence-corrected chi connectivity index (χ3v) is 13.5. The number of aliphatic hydroxyl groups is 2. The van der Waals surface area contributed by atoms with E-state index in [4.69, 9.17) is 18.9 Å². The summed E-state index contributed by atoms with van der Waals surface area (Å²) in [5, 5.41) is 23.5. The van der Waals surface area contributed by atoms with E-state index >= 15 is 0 Å². The third-order valence-electron chi connectivity index (χ3n) is 13.5. The molecule has 8 aliphatic rings. The Hall–Kier alpha value is -3.18. The third kappa shape index (κ3) is 3.09. The van der Waals surface area contributed by atoms with Crippen molar-refractivity contribution in [1.82, 2.24) is 9.80 Å². The Bertz CT molecular complexity index is 1590. The fourth-order valence-electron chi connectivity index (χ4n) is 11.4. The molecule has 0 amide bonds. The number of hydrogen-bond donors (Lipinski definition) is 2. The van der Waals surface area contributed by atoms with Gasteiger partial charge in [-0.2, -0.15) is 0 Å². The second-order valence-corrected chi connectivity index (χ2v) is 14.9. The number of carbonyl (C=O) groups excluding carboxylic acids is 2. The van der Waals surface area contributed by atoms with E-state index in [1.54, 1.807) is 14.2 Å². The number of likely N-dealkylation sites (N-methyl/N-ethyl adjacent to an activating group) is 2. The summed E-state index contributed by atoms with van der Waals surface area (Å²) in [4.78, 5) is 29.8. The first-order valence-corrected chi connectivity index (χ1v) is 16.7. The second kappa shape index (κ2) is 9.24. The van der Waals surface area contributed by atoms with Crippen LogP contribution in [0.5, 0.6) is 23.0 Å². The Morgan fingerprint density at radius 1 is 0.696 bits per heavy atom. The van der Waals surface area contributed by atoms with Crippen LogP contribution in [0.2, 0.25) is 0 Å². The topological polar surface area (TPSA) is 118 Å². The molecule has 0 radical (unpaired) electrons. The lowest BCUT2D eigenvalue weighted by Crippen LogP contribution is -2.76. The van der Waals surface area contributed by atoms with Gasteiger partial charge >= 0.3 is 0 Å². The number of nitrogens with zero attached hydrogens (tertiary/aromatic N) is 2. The van der Waals surface area contributed by atoms with Gasteiger partial charge in [0.1, 0.15) is 0 Å². The van der Waals surface area contributed by atoms with Gasteiger partial charge in [-0.1, -0.05) is 12.1 Å². The van der Waals surface area contributed by atoms with Crippen molar-refractivity contribution < 1.29 is 38.7 Å². The summed E-state index contributed by atoms with van der Waals surface area (Å²) in [6.07, 6.45) is 3.79. The number of methoxy groups -OCH3 is 2. The van der Waals surface area contributed by atoms with Gasteiger partial charge in [-0.15, -0.1) is 0 Å². The van der Waals surface area contributed by atoms with Gasteiger partial charge in [0, 0.05) is 36.1 Å². The van der Waals surface area contributed by atoms with E-state index < -0.39 is 34.2 Å². The molecule has 2 aromatic carbocycles. The van der Waals surface area contributed by atoms with E-state index in [2.05, 4.69) is 36.0 Å². The van der Waals surface area contributed by atoms with Crippen molar-refractivity contribution in [3.8, 4) is 23.0 Å². The quantitative estimate of drug-likeness (QED) is 0.511. The number of likely N-dealkylation sites (tertiary alicyclic amines) is 2. The van der Waals surface area contributed by atoms with Crippen molar-refractivity contribution >= 4 is 11.6 Å². The number of carbonyl (C=O) groups is 2. The van der Waals surface area contributed by atoms with Gasteiger partial charge in [0.05, 0.1) is 36.3 Å². The standard InChI is InChI=1S/2C18H21NO4/c2*1-19-8-7-17-14-10-3-4-12(22-2)15(14)23-16(17)11(20)5-6-18(17,21)13(19)9-10/h2*3-4,13,16,21H,5-9H2,1-2H3/t2*13-,16+,17+,18-/m11/s1. The lowest BCUT2D eigenvalue weighted by molar-refractivity contribution is -0.185. The molecule has 2 saturated heterocycles. The molecule has 8 atom stereocenters. The first-order chi connectivity index (χ1) is 22.1. The maximum absolute atomic E-state index is 12.7. The lowest BCUT2D eigenvalue weighted by Gasteiger charge is -2.62. The molecule has 4 fully saturated rings. The van der Waals surface area contributed by atoms with Crippen LogP contribution in [0.25, 0.3) is 0 Å². The molecule has 10 nitrogen and oxygen atoms in total. The predicted octanol–water partition coefficient (Wildman–Crippen LogP) is 2.10. The number of ketones is 2. The minimum atomic E-state index is -0.900. The van der Waals surface area contributed by atoms with E-state index in [0.29, 0.717) is 48.7 Å². The Balaban J connectivity index is 0.000000127. The number of piperidine rings is 2. The van der Waals surface area contributed by atoms with E-state index in [-0.39, 0.29) is 23.7 Å². The zero-order valence-electron chi connectivity index (χ0n) is 26.9. The van der Waals surface area contributed by atoms with Crippen LogP contribution in [0.4, 0.5) is 0 Å². The summed E-state index contributed by atoms with van der Waals surface area (Å²) in [6, 6.07) is 8.09. The van der Waals surface area contributed by atoms with Crippen molar-refractivity contribution in [2.24, 2.45) is 0 Å². The first-order valence-electron chi connectivity index (χ1n) is 16.7. The molecule has 4 aliphatic carbocycles. The fourth-order valence-corrected chi connectivity index (χ4v) is 11.4. The number of ether oxygens (including phenoxy) is 4. The molecule has 10 heteroatoms. The molecule has 2 saturated carbocycles. The van der Waals surface area contributed by atoms with Crippen molar-refractivity contribution in [2.45, 2.75) is 97.7 Å². The van der Waals surface area contributed by atoms with Crippen LogP contribution < -0.4 is 18.9 Å². The minimum Gasteiger partial charge on any atom is -0.493 e. The number of benzene rings is 2. The number of Topliss-reactive ketones (excluding diaryl/α,β-unsaturated/α-hetero) is 2. The summed E-state index contributed by atoms with van der Waals surface area (Å²) in [5.41, 5.74) is 1.47. The normalized spacial score (nSPS) is 40.6. The van der Waals surface area contributed by atoms with E-state index in [9.17, 15) is 19.8 Å². The monoisotopic (exact) mass is 630 g/mol.